The van der Waals surface area contributed by atoms with E-state index in [1.165, 1.54) is 11.1 Å². The number of nitrogens with zero attached hydrogens (tertiary/aromatic N) is 1. The van der Waals surface area contributed by atoms with Crippen LogP contribution in [0, 0.1) is 0 Å². The fourth-order valence-electron chi connectivity index (χ4n) is 3.08. The van der Waals surface area contributed by atoms with Crippen LogP contribution in [0.1, 0.15) is 31.0 Å². The molecule has 0 unspecified atom stereocenters. The van der Waals surface area contributed by atoms with Gasteiger partial charge in [0.15, 0.2) is 0 Å². The van der Waals surface area contributed by atoms with E-state index in [9.17, 15) is 10.2 Å². The first-order valence-electron chi connectivity index (χ1n) is 7.69. The summed E-state index contributed by atoms with van der Waals surface area (Å²) in [5.74, 6) is 0. The van der Waals surface area contributed by atoms with Crippen molar-refractivity contribution < 1.29 is 10.2 Å². The highest BCUT2D eigenvalue weighted by Crippen LogP contribution is 2.40. The predicted octanol–water partition coefficient (Wildman–Crippen LogP) is 2.59. The van der Waals surface area contributed by atoms with E-state index in [0.717, 1.165) is 0 Å². The summed E-state index contributed by atoms with van der Waals surface area (Å²) in [6, 6.07) is 20.7. The van der Waals surface area contributed by atoms with Crippen LogP contribution in [-0.4, -0.2) is 39.4 Å². The van der Waals surface area contributed by atoms with Gasteiger partial charge in [-0.15, -0.1) is 0 Å². The highest BCUT2D eigenvalue weighted by atomic mass is 16.4. The Bertz CT molecular complexity index is 573. The zero-order valence-electron chi connectivity index (χ0n) is 13.1. The van der Waals surface area contributed by atoms with Crippen molar-refractivity contribution in [1.82, 2.24) is 4.90 Å². The zero-order chi connectivity index (χ0) is 15.8. The second-order valence-electron chi connectivity index (χ2n) is 6.72. The molecule has 3 nitrogen and oxygen atoms in total. The summed E-state index contributed by atoms with van der Waals surface area (Å²) in [4.78, 5) is 2.21. The lowest BCUT2D eigenvalue weighted by Crippen LogP contribution is -2.71. The zero-order valence-corrected chi connectivity index (χ0v) is 13.1. The van der Waals surface area contributed by atoms with Crippen LogP contribution in [0.3, 0.4) is 0 Å². The van der Waals surface area contributed by atoms with Crippen LogP contribution >= 0.6 is 0 Å². The van der Waals surface area contributed by atoms with E-state index in [-0.39, 0.29) is 6.04 Å². The number of hydrogen-bond donors (Lipinski definition) is 2. The molecule has 1 aliphatic heterocycles. The molecule has 0 radical (unpaired) electrons. The summed E-state index contributed by atoms with van der Waals surface area (Å²) in [6.07, 6.45) is 0. The van der Waals surface area contributed by atoms with E-state index in [0.29, 0.717) is 13.1 Å². The monoisotopic (exact) mass is 297 g/mol. The molecule has 1 saturated heterocycles. The standard InChI is InChI=1S/C19H23NO2/c1-18(2,21)19(22)13-20(14-19)17(15-9-5-3-6-10-15)16-11-7-4-8-12-16/h3-12,17,21-22H,13-14H2,1-2H3. The maximum absolute atomic E-state index is 10.6. The van der Waals surface area contributed by atoms with Gasteiger partial charge in [-0.2, -0.15) is 0 Å². The SMILES string of the molecule is CC(C)(O)C1(O)CN(C(c2ccccc2)c2ccccc2)C1. The Balaban J connectivity index is 1.89. The van der Waals surface area contributed by atoms with Crippen molar-refractivity contribution >= 4 is 0 Å². The van der Waals surface area contributed by atoms with Gasteiger partial charge in [0.25, 0.3) is 0 Å². The molecule has 0 spiro atoms. The molecule has 116 valence electrons. The molecule has 1 heterocycles. The van der Waals surface area contributed by atoms with E-state index in [4.69, 9.17) is 0 Å². The lowest BCUT2D eigenvalue weighted by Gasteiger charge is -2.55. The molecule has 2 N–H and O–H groups in total. The van der Waals surface area contributed by atoms with Crippen molar-refractivity contribution in [3.8, 4) is 0 Å². The van der Waals surface area contributed by atoms with Gasteiger partial charge in [-0.25, -0.2) is 0 Å². The van der Waals surface area contributed by atoms with E-state index in [2.05, 4.69) is 29.2 Å². The summed E-state index contributed by atoms with van der Waals surface area (Å²) in [5.41, 5.74) is 0.258. The van der Waals surface area contributed by atoms with Crippen LogP contribution in [0.15, 0.2) is 60.7 Å². The lowest BCUT2D eigenvalue weighted by molar-refractivity contribution is -0.210. The Labute approximate surface area is 131 Å². The van der Waals surface area contributed by atoms with Crippen molar-refractivity contribution in [2.75, 3.05) is 13.1 Å². The van der Waals surface area contributed by atoms with Gasteiger partial charge in [-0.1, -0.05) is 60.7 Å². The maximum Gasteiger partial charge on any atom is 0.118 e. The number of benzene rings is 2. The van der Waals surface area contributed by atoms with E-state index < -0.39 is 11.2 Å². The minimum Gasteiger partial charge on any atom is -0.387 e. The molecule has 1 aliphatic rings. The van der Waals surface area contributed by atoms with Gasteiger partial charge in [0.05, 0.1) is 11.6 Å². The number of aliphatic hydroxyl groups is 2. The minimum absolute atomic E-state index is 0.102. The molecular weight excluding hydrogens is 274 g/mol. The summed E-state index contributed by atoms with van der Waals surface area (Å²) >= 11 is 0. The molecular formula is C19H23NO2. The topological polar surface area (TPSA) is 43.7 Å². The van der Waals surface area contributed by atoms with E-state index >= 15 is 0 Å². The van der Waals surface area contributed by atoms with Gasteiger partial charge in [0.2, 0.25) is 0 Å². The summed E-state index contributed by atoms with van der Waals surface area (Å²) < 4.78 is 0. The van der Waals surface area contributed by atoms with Gasteiger partial charge in [0.1, 0.15) is 5.60 Å². The van der Waals surface area contributed by atoms with Crippen LogP contribution in [0.2, 0.25) is 0 Å². The second-order valence-corrected chi connectivity index (χ2v) is 6.72. The van der Waals surface area contributed by atoms with Gasteiger partial charge in [-0.3, -0.25) is 4.90 Å². The lowest BCUT2D eigenvalue weighted by atomic mass is 9.77. The Morgan fingerprint density at radius 2 is 1.32 bits per heavy atom. The fourth-order valence-corrected chi connectivity index (χ4v) is 3.08. The molecule has 22 heavy (non-hydrogen) atoms. The third kappa shape index (κ3) is 2.68. The second kappa shape index (κ2) is 5.51. The Kier molecular flexibility index (Phi) is 3.81. The van der Waals surface area contributed by atoms with Crippen molar-refractivity contribution in [2.45, 2.75) is 31.1 Å². The van der Waals surface area contributed by atoms with Gasteiger partial charge in [-0.05, 0) is 25.0 Å². The molecule has 0 saturated carbocycles. The molecule has 0 aliphatic carbocycles. The number of rotatable bonds is 4. The van der Waals surface area contributed by atoms with Crippen molar-refractivity contribution in [1.29, 1.82) is 0 Å². The fraction of sp³-hybridized carbons (Fsp3) is 0.368. The third-order valence-electron chi connectivity index (χ3n) is 4.66. The molecule has 0 aromatic heterocycles. The van der Waals surface area contributed by atoms with Gasteiger partial charge in [0, 0.05) is 13.1 Å². The van der Waals surface area contributed by atoms with Crippen LogP contribution in [0.4, 0.5) is 0 Å². The normalized spacial score (nSPS) is 18.2. The summed E-state index contributed by atoms with van der Waals surface area (Å²) in [6.45, 7) is 4.27. The molecule has 2 aromatic rings. The largest absolute Gasteiger partial charge is 0.387 e. The predicted molar refractivity (Wildman–Crippen MR) is 87.5 cm³/mol. The first-order chi connectivity index (χ1) is 10.4. The average Bonchev–Trinajstić information content (AvgIpc) is 2.47. The number of β-amino-alcohol motifs (C(OH)–C–C–N with tert-alkyl or cyclic N) is 1. The maximum atomic E-state index is 10.6. The van der Waals surface area contributed by atoms with Crippen LogP contribution in [0.25, 0.3) is 0 Å². The molecule has 0 bridgehead atoms. The molecule has 3 rings (SSSR count). The van der Waals surface area contributed by atoms with E-state index in [1.54, 1.807) is 13.8 Å². The summed E-state index contributed by atoms with van der Waals surface area (Å²) in [7, 11) is 0. The molecule has 3 heteroatoms. The molecule has 0 atom stereocenters. The first-order valence-corrected chi connectivity index (χ1v) is 7.69. The van der Waals surface area contributed by atoms with Gasteiger partial charge < -0.3 is 10.2 Å². The third-order valence-corrected chi connectivity index (χ3v) is 4.66. The van der Waals surface area contributed by atoms with Gasteiger partial charge >= 0.3 is 0 Å². The molecule has 0 amide bonds. The highest BCUT2D eigenvalue weighted by Gasteiger charge is 2.53. The molecule has 2 aromatic carbocycles. The van der Waals surface area contributed by atoms with Crippen LogP contribution in [0.5, 0.6) is 0 Å². The Morgan fingerprint density at radius 3 is 1.68 bits per heavy atom. The smallest absolute Gasteiger partial charge is 0.118 e. The quantitative estimate of drug-likeness (QED) is 0.911. The summed E-state index contributed by atoms with van der Waals surface area (Å²) in [5, 5.41) is 20.7. The number of likely N-dealkylation sites (tertiary alicyclic amines) is 1. The average molecular weight is 297 g/mol. The highest BCUT2D eigenvalue weighted by molar-refractivity contribution is 5.33. The minimum atomic E-state index is -1.10. The Hall–Kier alpha value is -1.68. The molecule has 1 fully saturated rings. The van der Waals surface area contributed by atoms with Crippen LogP contribution in [-0.2, 0) is 0 Å². The first kappa shape index (κ1) is 15.2. The van der Waals surface area contributed by atoms with Crippen molar-refractivity contribution in [3.05, 3.63) is 71.8 Å². The van der Waals surface area contributed by atoms with Crippen molar-refractivity contribution in [3.63, 3.8) is 0 Å². The van der Waals surface area contributed by atoms with E-state index in [1.807, 2.05) is 36.4 Å². The Morgan fingerprint density at radius 1 is 0.909 bits per heavy atom. The van der Waals surface area contributed by atoms with Crippen LogP contribution < -0.4 is 0 Å². The number of hydrogen-bond acceptors (Lipinski definition) is 3. The van der Waals surface area contributed by atoms with Crippen molar-refractivity contribution in [2.24, 2.45) is 0 Å².